The van der Waals surface area contributed by atoms with Crippen molar-refractivity contribution < 1.29 is 23.9 Å². The Morgan fingerprint density at radius 1 is 1.55 bits per heavy atom. The van der Waals surface area contributed by atoms with Gasteiger partial charge in [-0.1, -0.05) is 0 Å². The number of hydrogen-bond donors (Lipinski definition) is 2. The average Bonchev–Trinajstić information content (AvgIpc) is 2.97. The lowest BCUT2D eigenvalue weighted by Crippen LogP contribution is -2.70. The molecular weight excluding hydrogens is 308 g/mol. The first-order valence-electron chi connectivity index (χ1n) is 6.68. The highest BCUT2D eigenvalue weighted by atomic mass is 32.2. The van der Waals surface area contributed by atoms with Gasteiger partial charge in [-0.05, 0) is 24.6 Å². The molecule has 2 N–H and O–H groups in total. The lowest BCUT2D eigenvalue weighted by Gasteiger charge is -2.49. The van der Waals surface area contributed by atoms with E-state index in [1.807, 2.05) is 0 Å². The monoisotopic (exact) mass is 322 g/mol. The van der Waals surface area contributed by atoms with Crippen molar-refractivity contribution in [3.05, 3.63) is 35.4 Å². The zero-order chi connectivity index (χ0) is 15.9. The first-order chi connectivity index (χ1) is 10.5. The molecule has 0 spiro atoms. The van der Waals surface area contributed by atoms with Crippen molar-refractivity contribution >= 4 is 29.5 Å². The van der Waals surface area contributed by atoms with E-state index in [-0.39, 0.29) is 29.3 Å². The number of carboxylic acid groups (broad SMARTS) is 1. The third-order valence-electron chi connectivity index (χ3n) is 3.59. The number of nitrogens with one attached hydrogen (secondary N) is 1. The van der Waals surface area contributed by atoms with Gasteiger partial charge >= 0.3 is 5.97 Å². The molecular formula is C14H14N2O5S. The largest absolute Gasteiger partial charge is 0.477 e. The third kappa shape index (κ3) is 2.39. The van der Waals surface area contributed by atoms with Crippen molar-refractivity contribution in [1.29, 1.82) is 0 Å². The lowest BCUT2D eigenvalue weighted by atomic mass is 10.0. The number of nitrogens with zero attached hydrogens (tertiary/aromatic N) is 1. The molecule has 1 aromatic heterocycles. The van der Waals surface area contributed by atoms with Crippen LogP contribution < -0.4 is 5.32 Å². The number of carbonyl (C=O) groups excluding carboxylic acids is 2. The van der Waals surface area contributed by atoms with E-state index in [2.05, 4.69) is 5.32 Å². The average molecular weight is 322 g/mol. The summed E-state index contributed by atoms with van der Waals surface area (Å²) in [6.07, 6.45) is 1.53. The molecule has 0 radical (unpaired) electrons. The number of thioether (sulfide) groups is 1. The number of hydrogen-bond acceptors (Lipinski definition) is 5. The Kier molecular flexibility index (Phi) is 3.69. The van der Waals surface area contributed by atoms with Crippen molar-refractivity contribution in [2.75, 3.05) is 5.75 Å². The van der Waals surface area contributed by atoms with Gasteiger partial charge in [0.2, 0.25) is 5.91 Å². The molecule has 3 rings (SSSR count). The highest BCUT2D eigenvalue weighted by molar-refractivity contribution is 8.00. The van der Waals surface area contributed by atoms with Crippen LogP contribution in [0, 0.1) is 0 Å². The molecule has 116 valence electrons. The summed E-state index contributed by atoms with van der Waals surface area (Å²) in [5.41, 5.74) is 0.688. The summed E-state index contributed by atoms with van der Waals surface area (Å²) in [5.74, 6) is -0.782. The Bertz CT molecular complexity index is 667. The number of rotatable bonds is 4. The van der Waals surface area contributed by atoms with Gasteiger partial charge in [0.05, 0.1) is 12.7 Å². The summed E-state index contributed by atoms with van der Waals surface area (Å²) in [7, 11) is 0. The molecule has 2 aliphatic heterocycles. The molecule has 0 saturated carbocycles. The van der Waals surface area contributed by atoms with Crippen LogP contribution in [0.25, 0.3) is 0 Å². The zero-order valence-corrected chi connectivity index (χ0v) is 12.6. The molecule has 8 heteroatoms. The van der Waals surface area contributed by atoms with E-state index in [9.17, 15) is 19.5 Å². The number of furan rings is 1. The van der Waals surface area contributed by atoms with Crippen LogP contribution in [0.1, 0.15) is 12.7 Å². The molecule has 2 amide bonds. The summed E-state index contributed by atoms with van der Waals surface area (Å²) in [5, 5.41) is 11.5. The second-order valence-corrected chi connectivity index (χ2v) is 6.25. The summed E-state index contributed by atoms with van der Waals surface area (Å²) < 4.78 is 5.09. The molecule has 2 aliphatic rings. The maximum Gasteiger partial charge on any atom is 0.352 e. The van der Waals surface area contributed by atoms with Gasteiger partial charge in [0.1, 0.15) is 22.9 Å². The van der Waals surface area contributed by atoms with Crippen LogP contribution in [0.5, 0.6) is 0 Å². The van der Waals surface area contributed by atoms with Crippen molar-refractivity contribution in [1.82, 2.24) is 10.2 Å². The number of amides is 2. The van der Waals surface area contributed by atoms with E-state index < -0.39 is 12.0 Å². The molecule has 0 bridgehead atoms. The minimum Gasteiger partial charge on any atom is -0.477 e. The van der Waals surface area contributed by atoms with Crippen LogP contribution in [0.4, 0.5) is 0 Å². The van der Waals surface area contributed by atoms with E-state index in [0.29, 0.717) is 17.1 Å². The highest BCUT2D eigenvalue weighted by Gasteiger charge is 2.53. The Hall–Kier alpha value is -2.22. The Balaban J connectivity index is 1.68. The second kappa shape index (κ2) is 5.53. The molecule has 1 aromatic rings. The summed E-state index contributed by atoms with van der Waals surface area (Å²) in [4.78, 5) is 36.6. The van der Waals surface area contributed by atoms with Crippen LogP contribution in [0.2, 0.25) is 0 Å². The molecule has 22 heavy (non-hydrogen) atoms. The van der Waals surface area contributed by atoms with Crippen molar-refractivity contribution in [3.8, 4) is 0 Å². The fraction of sp³-hybridized carbons (Fsp3) is 0.357. The van der Waals surface area contributed by atoms with E-state index >= 15 is 0 Å². The van der Waals surface area contributed by atoms with Crippen molar-refractivity contribution in [2.24, 2.45) is 0 Å². The van der Waals surface area contributed by atoms with Gasteiger partial charge in [0, 0.05) is 5.75 Å². The molecule has 2 atom stereocenters. The molecule has 1 saturated heterocycles. The minimum atomic E-state index is -1.11. The lowest BCUT2D eigenvalue weighted by molar-refractivity contribution is -0.150. The Labute approximate surface area is 130 Å². The van der Waals surface area contributed by atoms with E-state index in [4.69, 9.17) is 4.42 Å². The number of carbonyl (C=O) groups is 3. The number of fused-ring (bicyclic) bond motifs is 1. The molecule has 0 aliphatic carbocycles. The standard InChI is InChI=1S/C14H14N2O5S/c1-7-6-22-13-10(12(18)16(13)11(7)14(19)20)15-9(17)5-8-3-2-4-21-8/h2-4,10,13H,5-6H2,1H3,(H,15,17)(H,19,20)/t10?,13-/m1/s1. The zero-order valence-electron chi connectivity index (χ0n) is 11.7. The number of carboxylic acids is 1. The quantitative estimate of drug-likeness (QED) is 0.787. The molecule has 7 nitrogen and oxygen atoms in total. The third-order valence-corrected chi connectivity index (χ3v) is 5.02. The molecule has 1 fully saturated rings. The number of β-lactam (4-membered cyclic amide) rings is 1. The van der Waals surface area contributed by atoms with Crippen molar-refractivity contribution in [2.45, 2.75) is 24.8 Å². The molecule has 3 heterocycles. The smallest absolute Gasteiger partial charge is 0.352 e. The van der Waals surface area contributed by atoms with Crippen LogP contribution in [-0.2, 0) is 20.8 Å². The van der Waals surface area contributed by atoms with Gasteiger partial charge in [-0.15, -0.1) is 11.8 Å². The Morgan fingerprint density at radius 3 is 2.95 bits per heavy atom. The second-order valence-electron chi connectivity index (χ2n) is 5.15. The normalized spacial score (nSPS) is 23.9. The summed E-state index contributed by atoms with van der Waals surface area (Å²) >= 11 is 1.45. The summed E-state index contributed by atoms with van der Waals surface area (Å²) in [6.45, 7) is 1.70. The van der Waals surface area contributed by atoms with Crippen LogP contribution in [0.3, 0.4) is 0 Å². The molecule has 0 aromatic carbocycles. The van der Waals surface area contributed by atoms with Crippen LogP contribution in [0.15, 0.2) is 34.1 Å². The minimum absolute atomic E-state index is 0.0327. The van der Waals surface area contributed by atoms with Gasteiger partial charge in [0.25, 0.3) is 5.91 Å². The van der Waals surface area contributed by atoms with Gasteiger partial charge in [0.15, 0.2) is 0 Å². The first kappa shape index (κ1) is 14.7. The molecule has 1 unspecified atom stereocenters. The van der Waals surface area contributed by atoms with E-state index in [0.717, 1.165) is 0 Å². The van der Waals surface area contributed by atoms with Gasteiger partial charge in [-0.2, -0.15) is 0 Å². The SMILES string of the molecule is CC1=C(C(=O)O)N2C(=O)C(NC(=O)Cc3ccco3)[C@H]2SC1. The van der Waals surface area contributed by atoms with Gasteiger partial charge in [-0.25, -0.2) is 4.79 Å². The Morgan fingerprint density at radius 2 is 2.32 bits per heavy atom. The maximum atomic E-state index is 12.2. The fourth-order valence-electron chi connectivity index (χ4n) is 2.57. The van der Waals surface area contributed by atoms with Crippen LogP contribution >= 0.6 is 11.8 Å². The maximum absolute atomic E-state index is 12.2. The number of aliphatic carboxylic acids is 1. The predicted molar refractivity (Wildman–Crippen MR) is 77.8 cm³/mol. The fourth-order valence-corrected chi connectivity index (χ4v) is 3.86. The summed E-state index contributed by atoms with van der Waals surface area (Å²) in [6, 6.07) is 2.68. The van der Waals surface area contributed by atoms with Crippen LogP contribution in [-0.4, -0.2) is 45.0 Å². The van der Waals surface area contributed by atoms with Gasteiger partial charge in [-0.3, -0.25) is 14.5 Å². The topological polar surface area (TPSA) is 99.9 Å². The van der Waals surface area contributed by atoms with Gasteiger partial charge < -0.3 is 14.8 Å². The van der Waals surface area contributed by atoms with Crippen molar-refractivity contribution in [3.63, 3.8) is 0 Å². The van der Waals surface area contributed by atoms with E-state index in [1.54, 1.807) is 19.1 Å². The predicted octanol–water partition coefficient (Wildman–Crippen LogP) is 0.581. The first-order valence-corrected chi connectivity index (χ1v) is 7.73. The highest BCUT2D eigenvalue weighted by Crippen LogP contribution is 2.40. The van der Waals surface area contributed by atoms with E-state index in [1.165, 1.54) is 22.9 Å².